The first-order valence-electron chi connectivity index (χ1n) is 6.98. The van der Waals surface area contributed by atoms with Gasteiger partial charge in [-0.15, -0.1) is 0 Å². The fourth-order valence-electron chi connectivity index (χ4n) is 2.29. The highest BCUT2D eigenvalue weighted by atomic mass is 32.2. The van der Waals surface area contributed by atoms with Crippen LogP contribution in [0.1, 0.15) is 23.2 Å². The number of primary sulfonamides is 1. The van der Waals surface area contributed by atoms with Crippen molar-refractivity contribution in [3.8, 4) is 5.75 Å². The molecule has 23 heavy (non-hydrogen) atoms. The van der Waals surface area contributed by atoms with Gasteiger partial charge in [-0.3, -0.25) is 4.79 Å². The molecule has 1 amide bonds. The molecule has 1 heterocycles. The van der Waals surface area contributed by atoms with Crippen LogP contribution >= 0.6 is 0 Å². The lowest BCUT2D eigenvalue weighted by Crippen LogP contribution is -2.32. The fraction of sp³-hybridized carbons (Fsp3) is 0.429. The molecule has 2 N–H and O–H groups in total. The van der Waals surface area contributed by atoms with Crippen LogP contribution in [0.4, 0.5) is 0 Å². The van der Waals surface area contributed by atoms with Crippen molar-refractivity contribution in [2.75, 3.05) is 26.8 Å². The second kappa shape index (κ2) is 6.97. The van der Waals surface area contributed by atoms with Gasteiger partial charge in [-0.2, -0.15) is 0 Å². The van der Waals surface area contributed by atoms with Crippen molar-refractivity contribution in [1.82, 2.24) is 4.90 Å². The second-order valence-electron chi connectivity index (χ2n) is 5.07. The molecule has 126 valence electrons. The molecular weight excluding hydrogens is 324 g/mol. The summed E-state index contributed by atoms with van der Waals surface area (Å²) >= 11 is 0. The number of amides is 1. The van der Waals surface area contributed by atoms with E-state index in [-0.39, 0.29) is 22.1 Å². The number of methoxy groups -OCH3 is 1. The standard InChI is InChI=1S/C14H18N2O6S/c1-21-12-5-4-10(23(15,19)20)8-11(12)14(18)22-9-13(17)16-6-2-3-7-16/h4-5,8H,2-3,6-7,9H2,1H3,(H2,15,19,20). The summed E-state index contributed by atoms with van der Waals surface area (Å²) in [4.78, 5) is 25.4. The Balaban J connectivity index is 2.12. The van der Waals surface area contributed by atoms with Crippen molar-refractivity contribution in [3.63, 3.8) is 0 Å². The Morgan fingerprint density at radius 1 is 1.26 bits per heavy atom. The fourth-order valence-corrected chi connectivity index (χ4v) is 2.83. The maximum Gasteiger partial charge on any atom is 0.342 e. The first kappa shape index (κ1) is 17.2. The zero-order valence-electron chi connectivity index (χ0n) is 12.6. The van der Waals surface area contributed by atoms with Gasteiger partial charge in [-0.25, -0.2) is 18.4 Å². The molecule has 1 aliphatic rings. The van der Waals surface area contributed by atoms with Gasteiger partial charge in [0.2, 0.25) is 10.0 Å². The minimum atomic E-state index is -3.97. The van der Waals surface area contributed by atoms with Crippen molar-refractivity contribution < 1.29 is 27.5 Å². The molecule has 9 heteroatoms. The summed E-state index contributed by atoms with van der Waals surface area (Å²) in [7, 11) is -2.64. The van der Waals surface area contributed by atoms with E-state index in [0.717, 1.165) is 18.9 Å². The number of carbonyl (C=O) groups excluding carboxylic acids is 2. The van der Waals surface area contributed by atoms with Crippen LogP contribution in [0.2, 0.25) is 0 Å². The van der Waals surface area contributed by atoms with Crippen molar-refractivity contribution in [2.45, 2.75) is 17.7 Å². The Hall–Kier alpha value is -2.13. The zero-order chi connectivity index (χ0) is 17.0. The highest BCUT2D eigenvalue weighted by molar-refractivity contribution is 7.89. The first-order valence-corrected chi connectivity index (χ1v) is 8.53. The molecule has 1 aromatic rings. The van der Waals surface area contributed by atoms with E-state index in [1.54, 1.807) is 4.90 Å². The lowest BCUT2D eigenvalue weighted by atomic mass is 10.2. The van der Waals surface area contributed by atoms with Crippen LogP contribution < -0.4 is 9.88 Å². The number of benzene rings is 1. The smallest absolute Gasteiger partial charge is 0.342 e. The monoisotopic (exact) mass is 342 g/mol. The molecule has 1 fully saturated rings. The van der Waals surface area contributed by atoms with Gasteiger partial charge in [0.25, 0.3) is 5.91 Å². The van der Waals surface area contributed by atoms with Crippen LogP contribution in [0, 0.1) is 0 Å². The summed E-state index contributed by atoms with van der Waals surface area (Å²) in [6.07, 6.45) is 1.87. The summed E-state index contributed by atoms with van der Waals surface area (Å²) in [6.45, 7) is 0.906. The molecule has 0 aliphatic carbocycles. The SMILES string of the molecule is COc1ccc(S(N)(=O)=O)cc1C(=O)OCC(=O)N1CCCC1. The molecule has 0 spiro atoms. The predicted octanol–water partition coefficient (Wildman–Crippen LogP) is 0.122. The molecule has 0 radical (unpaired) electrons. The number of sulfonamides is 1. The predicted molar refractivity (Wildman–Crippen MR) is 80.5 cm³/mol. The maximum atomic E-state index is 12.1. The van der Waals surface area contributed by atoms with Crippen molar-refractivity contribution in [1.29, 1.82) is 0 Å². The van der Waals surface area contributed by atoms with E-state index in [9.17, 15) is 18.0 Å². The molecule has 0 bridgehead atoms. The second-order valence-corrected chi connectivity index (χ2v) is 6.63. The van der Waals surface area contributed by atoms with Gasteiger partial charge < -0.3 is 14.4 Å². The molecule has 0 atom stereocenters. The number of likely N-dealkylation sites (tertiary alicyclic amines) is 1. The Labute approximate surface area is 134 Å². The highest BCUT2D eigenvalue weighted by Crippen LogP contribution is 2.22. The normalized spacial score (nSPS) is 14.6. The number of carbonyl (C=O) groups is 2. The number of nitrogens with two attached hydrogens (primary N) is 1. The first-order chi connectivity index (χ1) is 10.8. The number of rotatable bonds is 5. The summed E-state index contributed by atoms with van der Waals surface area (Å²) in [5, 5.41) is 5.04. The van der Waals surface area contributed by atoms with E-state index in [0.29, 0.717) is 13.1 Å². The molecule has 1 saturated heterocycles. The van der Waals surface area contributed by atoms with E-state index in [2.05, 4.69) is 0 Å². The van der Waals surface area contributed by atoms with E-state index in [4.69, 9.17) is 14.6 Å². The zero-order valence-corrected chi connectivity index (χ0v) is 13.5. The van der Waals surface area contributed by atoms with E-state index < -0.39 is 22.6 Å². The molecule has 8 nitrogen and oxygen atoms in total. The third-order valence-electron chi connectivity index (χ3n) is 3.50. The quantitative estimate of drug-likeness (QED) is 0.760. The van der Waals surface area contributed by atoms with Crippen LogP contribution in [0.3, 0.4) is 0 Å². The molecule has 0 unspecified atom stereocenters. The van der Waals surface area contributed by atoms with Gasteiger partial charge >= 0.3 is 5.97 Å². The van der Waals surface area contributed by atoms with Gasteiger partial charge in [0.15, 0.2) is 6.61 Å². The number of nitrogens with zero attached hydrogens (tertiary/aromatic N) is 1. The van der Waals surface area contributed by atoms with Crippen LogP contribution in [-0.2, 0) is 19.6 Å². The topological polar surface area (TPSA) is 116 Å². The van der Waals surface area contributed by atoms with Crippen LogP contribution in [0.15, 0.2) is 23.1 Å². The maximum absolute atomic E-state index is 12.1. The highest BCUT2D eigenvalue weighted by Gasteiger charge is 2.22. The van der Waals surface area contributed by atoms with E-state index >= 15 is 0 Å². The number of esters is 1. The van der Waals surface area contributed by atoms with Crippen molar-refractivity contribution in [3.05, 3.63) is 23.8 Å². The minimum absolute atomic E-state index is 0.103. The average molecular weight is 342 g/mol. The molecule has 1 aromatic carbocycles. The molecule has 1 aliphatic heterocycles. The van der Waals surface area contributed by atoms with Gasteiger partial charge in [0, 0.05) is 13.1 Å². The summed E-state index contributed by atoms with van der Waals surface area (Å²) in [5.74, 6) is -0.992. The number of hydrogen-bond acceptors (Lipinski definition) is 6. The Morgan fingerprint density at radius 2 is 1.91 bits per heavy atom. The largest absolute Gasteiger partial charge is 0.496 e. The summed E-state index contributed by atoms with van der Waals surface area (Å²) in [5.41, 5.74) is -0.103. The van der Waals surface area contributed by atoms with E-state index in [1.807, 2.05) is 0 Å². The average Bonchev–Trinajstić information content (AvgIpc) is 3.05. The van der Waals surface area contributed by atoms with Crippen LogP contribution in [0.25, 0.3) is 0 Å². The lowest BCUT2D eigenvalue weighted by Gasteiger charge is -2.15. The minimum Gasteiger partial charge on any atom is -0.496 e. The Kier molecular flexibility index (Phi) is 5.22. The Morgan fingerprint density at radius 3 is 2.48 bits per heavy atom. The van der Waals surface area contributed by atoms with Gasteiger partial charge in [0.05, 0.1) is 12.0 Å². The van der Waals surface area contributed by atoms with Crippen LogP contribution in [-0.4, -0.2) is 52.0 Å². The van der Waals surface area contributed by atoms with Crippen LogP contribution in [0.5, 0.6) is 5.75 Å². The van der Waals surface area contributed by atoms with Crippen molar-refractivity contribution >= 4 is 21.9 Å². The third-order valence-corrected chi connectivity index (χ3v) is 4.42. The Bertz CT molecular complexity index is 710. The molecule has 0 saturated carbocycles. The van der Waals surface area contributed by atoms with Gasteiger partial charge in [0.1, 0.15) is 11.3 Å². The van der Waals surface area contributed by atoms with Gasteiger partial charge in [-0.05, 0) is 31.0 Å². The number of hydrogen-bond donors (Lipinski definition) is 1. The lowest BCUT2D eigenvalue weighted by molar-refractivity contribution is -0.133. The third kappa shape index (κ3) is 4.20. The molecular formula is C14H18N2O6S. The van der Waals surface area contributed by atoms with Gasteiger partial charge in [-0.1, -0.05) is 0 Å². The summed E-state index contributed by atoms with van der Waals surface area (Å²) < 4.78 is 32.7. The number of ether oxygens (including phenoxy) is 2. The van der Waals surface area contributed by atoms with E-state index in [1.165, 1.54) is 19.2 Å². The molecule has 2 rings (SSSR count). The molecule has 0 aromatic heterocycles. The summed E-state index contributed by atoms with van der Waals surface area (Å²) in [6, 6.07) is 3.59. The van der Waals surface area contributed by atoms with Crippen molar-refractivity contribution in [2.24, 2.45) is 5.14 Å².